The van der Waals surface area contributed by atoms with Crippen LogP contribution in [0, 0.1) is 11.7 Å². The third-order valence-electron chi connectivity index (χ3n) is 3.34. The van der Waals surface area contributed by atoms with Gasteiger partial charge in [0.25, 0.3) is 0 Å². The van der Waals surface area contributed by atoms with E-state index in [4.69, 9.17) is 10.5 Å². The second-order valence-corrected chi connectivity index (χ2v) is 4.59. The highest BCUT2D eigenvalue weighted by molar-refractivity contribution is 5.36. The SMILES string of the molecule is COc1ccc(F)cc1C(N)CC1CCNC1. The highest BCUT2D eigenvalue weighted by atomic mass is 19.1. The number of hydrogen-bond donors (Lipinski definition) is 2. The lowest BCUT2D eigenvalue weighted by Crippen LogP contribution is -2.18. The second kappa shape index (κ2) is 5.47. The molecule has 0 spiro atoms. The molecule has 0 radical (unpaired) electrons. The molecule has 3 N–H and O–H groups in total. The number of nitrogens with two attached hydrogens (primary N) is 1. The van der Waals surface area contributed by atoms with Gasteiger partial charge in [-0.25, -0.2) is 4.39 Å². The van der Waals surface area contributed by atoms with Gasteiger partial charge in [-0.05, 0) is 50.0 Å². The molecule has 0 saturated carbocycles. The molecule has 1 saturated heterocycles. The van der Waals surface area contributed by atoms with E-state index in [2.05, 4.69) is 5.32 Å². The van der Waals surface area contributed by atoms with Crippen molar-refractivity contribution in [2.75, 3.05) is 20.2 Å². The molecular weight excluding hydrogens is 219 g/mol. The van der Waals surface area contributed by atoms with Gasteiger partial charge in [0.2, 0.25) is 0 Å². The maximum absolute atomic E-state index is 13.2. The first kappa shape index (κ1) is 12.3. The molecule has 0 aromatic heterocycles. The molecule has 0 bridgehead atoms. The zero-order chi connectivity index (χ0) is 12.3. The van der Waals surface area contributed by atoms with E-state index in [0.717, 1.165) is 31.5 Å². The Bertz CT molecular complexity index is 378. The monoisotopic (exact) mass is 238 g/mol. The predicted molar refractivity (Wildman–Crippen MR) is 65.5 cm³/mol. The van der Waals surface area contributed by atoms with Crippen LogP contribution >= 0.6 is 0 Å². The van der Waals surface area contributed by atoms with E-state index in [1.165, 1.54) is 12.1 Å². The number of rotatable bonds is 4. The zero-order valence-corrected chi connectivity index (χ0v) is 10.1. The molecule has 3 nitrogen and oxygen atoms in total. The molecule has 4 heteroatoms. The summed E-state index contributed by atoms with van der Waals surface area (Å²) in [6.45, 7) is 2.06. The fourth-order valence-corrected chi connectivity index (χ4v) is 2.40. The van der Waals surface area contributed by atoms with Gasteiger partial charge in [-0.1, -0.05) is 0 Å². The van der Waals surface area contributed by atoms with E-state index in [9.17, 15) is 4.39 Å². The first-order valence-corrected chi connectivity index (χ1v) is 6.00. The Balaban J connectivity index is 2.11. The van der Waals surface area contributed by atoms with Gasteiger partial charge in [-0.2, -0.15) is 0 Å². The van der Waals surface area contributed by atoms with Crippen molar-refractivity contribution in [2.45, 2.75) is 18.9 Å². The molecule has 1 heterocycles. The Hall–Kier alpha value is -1.13. The van der Waals surface area contributed by atoms with Crippen molar-refractivity contribution in [3.05, 3.63) is 29.6 Å². The van der Waals surface area contributed by atoms with Crippen LogP contribution in [0.4, 0.5) is 4.39 Å². The smallest absolute Gasteiger partial charge is 0.123 e. The summed E-state index contributed by atoms with van der Waals surface area (Å²) < 4.78 is 18.5. The zero-order valence-electron chi connectivity index (χ0n) is 10.1. The van der Waals surface area contributed by atoms with Crippen molar-refractivity contribution < 1.29 is 9.13 Å². The van der Waals surface area contributed by atoms with Gasteiger partial charge in [0, 0.05) is 11.6 Å². The van der Waals surface area contributed by atoms with Crippen LogP contribution in [-0.2, 0) is 0 Å². The fourth-order valence-electron chi connectivity index (χ4n) is 2.40. The minimum absolute atomic E-state index is 0.162. The van der Waals surface area contributed by atoms with Gasteiger partial charge in [0.05, 0.1) is 7.11 Å². The van der Waals surface area contributed by atoms with Crippen molar-refractivity contribution in [1.82, 2.24) is 5.32 Å². The summed E-state index contributed by atoms with van der Waals surface area (Å²) in [6, 6.07) is 4.35. The largest absolute Gasteiger partial charge is 0.496 e. The summed E-state index contributed by atoms with van der Waals surface area (Å²) in [4.78, 5) is 0. The molecule has 0 aliphatic carbocycles. The number of hydrogen-bond acceptors (Lipinski definition) is 3. The highest BCUT2D eigenvalue weighted by Crippen LogP contribution is 2.29. The Labute approximate surface area is 101 Å². The number of ether oxygens (including phenoxy) is 1. The molecule has 1 aliphatic heterocycles. The lowest BCUT2D eigenvalue weighted by Gasteiger charge is -2.18. The van der Waals surface area contributed by atoms with Gasteiger partial charge in [0.1, 0.15) is 11.6 Å². The van der Waals surface area contributed by atoms with Gasteiger partial charge in [-0.3, -0.25) is 0 Å². The number of methoxy groups -OCH3 is 1. The average molecular weight is 238 g/mol. The van der Waals surface area contributed by atoms with Crippen LogP contribution in [-0.4, -0.2) is 20.2 Å². The van der Waals surface area contributed by atoms with Crippen LogP contribution < -0.4 is 15.8 Å². The number of nitrogens with one attached hydrogen (secondary N) is 1. The third kappa shape index (κ3) is 2.96. The summed E-state index contributed by atoms with van der Waals surface area (Å²) in [5.74, 6) is 0.989. The summed E-state index contributed by atoms with van der Waals surface area (Å²) in [5.41, 5.74) is 6.91. The normalized spacial score (nSPS) is 21.5. The maximum Gasteiger partial charge on any atom is 0.123 e. The molecular formula is C13H19FN2O. The van der Waals surface area contributed by atoms with Crippen LogP contribution in [0.1, 0.15) is 24.4 Å². The van der Waals surface area contributed by atoms with Crippen LogP contribution in [0.2, 0.25) is 0 Å². The molecule has 94 valence electrons. The van der Waals surface area contributed by atoms with Crippen LogP contribution in [0.5, 0.6) is 5.75 Å². The fraction of sp³-hybridized carbons (Fsp3) is 0.538. The molecule has 1 aromatic carbocycles. The topological polar surface area (TPSA) is 47.3 Å². The summed E-state index contributed by atoms with van der Waals surface area (Å²) in [6.07, 6.45) is 2.01. The third-order valence-corrected chi connectivity index (χ3v) is 3.34. The first-order chi connectivity index (χ1) is 8.20. The van der Waals surface area contributed by atoms with Gasteiger partial charge >= 0.3 is 0 Å². The van der Waals surface area contributed by atoms with E-state index >= 15 is 0 Å². The van der Waals surface area contributed by atoms with Crippen molar-refractivity contribution in [1.29, 1.82) is 0 Å². The summed E-state index contributed by atoms with van der Waals surface area (Å²) in [7, 11) is 1.58. The maximum atomic E-state index is 13.2. The lowest BCUT2D eigenvalue weighted by atomic mass is 9.94. The molecule has 2 unspecified atom stereocenters. The van der Waals surface area contributed by atoms with Crippen molar-refractivity contribution in [3.63, 3.8) is 0 Å². The van der Waals surface area contributed by atoms with Crippen LogP contribution in [0.3, 0.4) is 0 Å². The van der Waals surface area contributed by atoms with E-state index in [1.807, 2.05) is 0 Å². The molecule has 1 aromatic rings. The minimum Gasteiger partial charge on any atom is -0.496 e. The van der Waals surface area contributed by atoms with Crippen LogP contribution in [0.25, 0.3) is 0 Å². The minimum atomic E-state index is -0.263. The average Bonchev–Trinajstić information content (AvgIpc) is 2.81. The van der Waals surface area contributed by atoms with Crippen molar-refractivity contribution >= 4 is 0 Å². The van der Waals surface area contributed by atoms with E-state index in [1.54, 1.807) is 13.2 Å². The summed E-state index contributed by atoms with van der Waals surface area (Å²) in [5, 5.41) is 3.31. The summed E-state index contributed by atoms with van der Waals surface area (Å²) >= 11 is 0. The van der Waals surface area contributed by atoms with Gasteiger partial charge in [0.15, 0.2) is 0 Å². The van der Waals surface area contributed by atoms with Crippen molar-refractivity contribution in [3.8, 4) is 5.75 Å². The quantitative estimate of drug-likeness (QED) is 0.841. The van der Waals surface area contributed by atoms with Gasteiger partial charge < -0.3 is 15.8 Å². The Morgan fingerprint density at radius 1 is 1.59 bits per heavy atom. The van der Waals surface area contributed by atoms with Crippen molar-refractivity contribution in [2.24, 2.45) is 11.7 Å². The lowest BCUT2D eigenvalue weighted by molar-refractivity contribution is 0.394. The van der Waals surface area contributed by atoms with Crippen LogP contribution in [0.15, 0.2) is 18.2 Å². The molecule has 17 heavy (non-hydrogen) atoms. The Morgan fingerprint density at radius 2 is 2.41 bits per heavy atom. The predicted octanol–water partition coefficient (Wildman–Crippen LogP) is 1.83. The molecule has 2 atom stereocenters. The Morgan fingerprint density at radius 3 is 3.06 bits per heavy atom. The number of halogens is 1. The molecule has 2 rings (SSSR count). The Kier molecular flexibility index (Phi) is 3.97. The van der Waals surface area contributed by atoms with E-state index in [-0.39, 0.29) is 11.9 Å². The molecule has 1 fully saturated rings. The van der Waals surface area contributed by atoms with E-state index in [0.29, 0.717) is 11.7 Å². The highest BCUT2D eigenvalue weighted by Gasteiger charge is 2.21. The standard InChI is InChI=1S/C13H19FN2O/c1-17-13-3-2-10(14)7-11(13)12(15)6-9-4-5-16-8-9/h2-3,7,9,12,16H,4-6,8,15H2,1H3. The van der Waals surface area contributed by atoms with Gasteiger partial charge in [-0.15, -0.1) is 0 Å². The second-order valence-electron chi connectivity index (χ2n) is 4.59. The first-order valence-electron chi connectivity index (χ1n) is 6.00. The molecule has 1 aliphatic rings. The number of benzene rings is 1. The molecule has 0 amide bonds. The van der Waals surface area contributed by atoms with E-state index < -0.39 is 0 Å².